The van der Waals surface area contributed by atoms with Gasteiger partial charge in [-0.05, 0) is 75.0 Å². The Balaban J connectivity index is 1.83. The summed E-state index contributed by atoms with van der Waals surface area (Å²) in [6.07, 6.45) is 17.9. The van der Waals surface area contributed by atoms with E-state index in [0.29, 0.717) is 0 Å². The normalized spacial score (nSPS) is 23.4. The monoisotopic (exact) mass is 252 g/mol. The van der Waals surface area contributed by atoms with Gasteiger partial charge in [0.05, 0.1) is 0 Å². The van der Waals surface area contributed by atoms with Gasteiger partial charge in [0.1, 0.15) is 0 Å². The van der Waals surface area contributed by atoms with Gasteiger partial charge >= 0.3 is 0 Å². The van der Waals surface area contributed by atoms with Crippen LogP contribution in [-0.4, -0.2) is 0 Å². The van der Waals surface area contributed by atoms with Gasteiger partial charge in [0.25, 0.3) is 0 Å². The molecular weight excluding hydrogens is 228 g/mol. The summed E-state index contributed by atoms with van der Waals surface area (Å²) in [7, 11) is 0. The maximum atomic E-state index is 5.40. The Morgan fingerprint density at radius 1 is 1.16 bits per heavy atom. The van der Waals surface area contributed by atoms with Crippen molar-refractivity contribution >= 4 is 0 Å². The lowest BCUT2D eigenvalue weighted by Gasteiger charge is -2.28. The van der Waals surface area contributed by atoms with Crippen molar-refractivity contribution in [2.75, 3.05) is 0 Å². The molecule has 19 heavy (non-hydrogen) atoms. The summed E-state index contributed by atoms with van der Waals surface area (Å²) < 4.78 is 0. The summed E-state index contributed by atoms with van der Waals surface area (Å²) in [5, 5.41) is 0. The highest BCUT2D eigenvalue weighted by atomic mass is 14.3. The quantitative estimate of drug-likeness (QED) is 0.504. The molecule has 1 aliphatic carbocycles. The van der Waals surface area contributed by atoms with Crippen LogP contribution in [-0.2, 0) is 0 Å². The molecule has 0 nitrogen and oxygen atoms in total. The molecule has 0 N–H and O–H groups in total. The van der Waals surface area contributed by atoms with Crippen molar-refractivity contribution in [3.05, 3.63) is 47.5 Å². The van der Waals surface area contributed by atoms with E-state index in [2.05, 4.69) is 49.3 Å². The second kappa shape index (κ2) is 7.19. The van der Waals surface area contributed by atoms with E-state index in [0.717, 1.165) is 17.4 Å². The Hall–Kier alpha value is -1.48. The summed E-state index contributed by atoms with van der Waals surface area (Å²) in [4.78, 5) is 0. The SMILES string of the molecule is C#Cc1ccc(C2CCC(CC/C=C/C)CC2)cc1. The lowest BCUT2D eigenvalue weighted by atomic mass is 9.77. The third-order valence-electron chi connectivity index (χ3n) is 4.37. The molecule has 0 spiro atoms. The van der Waals surface area contributed by atoms with E-state index >= 15 is 0 Å². The summed E-state index contributed by atoms with van der Waals surface area (Å²) in [5.41, 5.74) is 2.47. The zero-order chi connectivity index (χ0) is 13.5. The van der Waals surface area contributed by atoms with Crippen LogP contribution in [0.25, 0.3) is 0 Å². The number of allylic oxidation sites excluding steroid dienone is 2. The van der Waals surface area contributed by atoms with Crippen molar-refractivity contribution in [1.82, 2.24) is 0 Å². The summed E-state index contributed by atoms with van der Waals surface area (Å²) in [6, 6.07) is 8.60. The van der Waals surface area contributed by atoms with Gasteiger partial charge in [-0.3, -0.25) is 0 Å². The zero-order valence-corrected chi connectivity index (χ0v) is 11.9. The van der Waals surface area contributed by atoms with Gasteiger partial charge in [-0.1, -0.05) is 30.2 Å². The van der Waals surface area contributed by atoms with Gasteiger partial charge in [0, 0.05) is 5.56 Å². The molecule has 0 bridgehead atoms. The first kappa shape index (κ1) is 13.9. The molecule has 0 unspecified atom stereocenters. The van der Waals surface area contributed by atoms with Crippen molar-refractivity contribution in [3.63, 3.8) is 0 Å². The minimum absolute atomic E-state index is 0.754. The van der Waals surface area contributed by atoms with Crippen molar-refractivity contribution < 1.29 is 0 Å². The molecule has 0 aliphatic heterocycles. The first-order valence-corrected chi connectivity index (χ1v) is 7.51. The van der Waals surface area contributed by atoms with Gasteiger partial charge in [-0.2, -0.15) is 0 Å². The molecule has 100 valence electrons. The molecule has 1 fully saturated rings. The Morgan fingerprint density at radius 3 is 2.42 bits per heavy atom. The van der Waals surface area contributed by atoms with E-state index in [1.165, 1.54) is 44.1 Å². The third kappa shape index (κ3) is 4.00. The molecule has 0 heterocycles. The minimum Gasteiger partial charge on any atom is -0.115 e. The fourth-order valence-electron chi connectivity index (χ4n) is 3.13. The molecule has 0 atom stereocenters. The van der Waals surface area contributed by atoms with Crippen molar-refractivity contribution in [1.29, 1.82) is 0 Å². The molecular formula is C19H24. The first-order chi connectivity index (χ1) is 9.33. The number of hydrogen-bond donors (Lipinski definition) is 0. The predicted molar refractivity (Wildman–Crippen MR) is 83.1 cm³/mol. The maximum absolute atomic E-state index is 5.40. The average molecular weight is 252 g/mol. The smallest absolute Gasteiger partial charge is 0.0242 e. The fraction of sp³-hybridized carbons (Fsp3) is 0.474. The number of benzene rings is 1. The van der Waals surface area contributed by atoms with E-state index in [9.17, 15) is 0 Å². The van der Waals surface area contributed by atoms with E-state index in [1.54, 1.807) is 0 Å². The molecule has 1 aromatic rings. The lowest BCUT2D eigenvalue weighted by molar-refractivity contribution is 0.312. The van der Waals surface area contributed by atoms with Crippen LogP contribution in [0.15, 0.2) is 36.4 Å². The van der Waals surface area contributed by atoms with Crippen LogP contribution in [0.1, 0.15) is 62.5 Å². The summed E-state index contributed by atoms with van der Waals surface area (Å²) in [5.74, 6) is 4.38. The third-order valence-corrected chi connectivity index (χ3v) is 4.37. The Labute approximate surface area is 117 Å². The fourth-order valence-corrected chi connectivity index (χ4v) is 3.13. The lowest BCUT2D eigenvalue weighted by Crippen LogP contribution is -2.13. The van der Waals surface area contributed by atoms with Crippen molar-refractivity contribution in [3.8, 4) is 12.3 Å². The van der Waals surface area contributed by atoms with Crippen LogP contribution in [0.5, 0.6) is 0 Å². The van der Waals surface area contributed by atoms with Gasteiger partial charge in [0.15, 0.2) is 0 Å². The minimum atomic E-state index is 0.754. The zero-order valence-electron chi connectivity index (χ0n) is 11.9. The molecule has 1 saturated carbocycles. The Bertz CT molecular complexity index is 436. The number of terminal acetylenes is 1. The second-order valence-electron chi connectivity index (χ2n) is 5.63. The molecule has 0 aromatic heterocycles. The number of hydrogen-bond acceptors (Lipinski definition) is 0. The topological polar surface area (TPSA) is 0 Å². The Morgan fingerprint density at radius 2 is 1.84 bits per heavy atom. The highest BCUT2D eigenvalue weighted by molar-refractivity contribution is 5.35. The highest BCUT2D eigenvalue weighted by Crippen LogP contribution is 2.37. The van der Waals surface area contributed by atoms with Crippen LogP contribution >= 0.6 is 0 Å². The highest BCUT2D eigenvalue weighted by Gasteiger charge is 2.21. The van der Waals surface area contributed by atoms with Crippen LogP contribution in [0.2, 0.25) is 0 Å². The molecule has 0 heteroatoms. The van der Waals surface area contributed by atoms with E-state index < -0.39 is 0 Å². The average Bonchev–Trinajstić information content (AvgIpc) is 2.48. The maximum Gasteiger partial charge on any atom is 0.0242 e. The van der Waals surface area contributed by atoms with Gasteiger partial charge in [0.2, 0.25) is 0 Å². The standard InChI is InChI=1S/C19H24/c1-3-5-6-7-17-10-14-19(15-11-17)18-12-8-16(4-2)9-13-18/h2-3,5,8-9,12-13,17,19H,6-7,10-11,14-15H2,1H3/b5-3+. The van der Waals surface area contributed by atoms with E-state index in [1.807, 2.05) is 0 Å². The predicted octanol–water partition coefficient (Wildman–Crippen LogP) is 5.30. The van der Waals surface area contributed by atoms with Crippen LogP contribution in [0.3, 0.4) is 0 Å². The van der Waals surface area contributed by atoms with Crippen LogP contribution in [0, 0.1) is 18.3 Å². The number of rotatable bonds is 4. The van der Waals surface area contributed by atoms with E-state index in [4.69, 9.17) is 6.42 Å². The second-order valence-corrected chi connectivity index (χ2v) is 5.63. The molecule has 0 amide bonds. The first-order valence-electron chi connectivity index (χ1n) is 7.51. The van der Waals surface area contributed by atoms with Crippen molar-refractivity contribution in [2.45, 2.75) is 51.4 Å². The Kier molecular flexibility index (Phi) is 5.28. The molecule has 0 saturated heterocycles. The van der Waals surface area contributed by atoms with Gasteiger partial charge < -0.3 is 0 Å². The largest absolute Gasteiger partial charge is 0.115 e. The molecule has 2 rings (SSSR count). The van der Waals surface area contributed by atoms with Crippen LogP contribution < -0.4 is 0 Å². The van der Waals surface area contributed by atoms with Gasteiger partial charge in [-0.25, -0.2) is 0 Å². The van der Waals surface area contributed by atoms with Gasteiger partial charge in [-0.15, -0.1) is 6.42 Å². The van der Waals surface area contributed by atoms with Crippen molar-refractivity contribution in [2.24, 2.45) is 5.92 Å². The molecule has 1 aliphatic rings. The van der Waals surface area contributed by atoms with E-state index in [-0.39, 0.29) is 0 Å². The van der Waals surface area contributed by atoms with Crippen LogP contribution in [0.4, 0.5) is 0 Å². The molecule has 0 radical (unpaired) electrons. The summed E-state index contributed by atoms with van der Waals surface area (Å²) >= 11 is 0. The summed E-state index contributed by atoms with van der Waals surface area (Å²) in [6.45, 7) is 2.11. The molecule has 1 aromatic carbocycles.